The first-order chi connectivity index (χ1) is 16.0. The second kappa shape index (κ2) is 10.8. The fourth-order valence-electron chi connectivity index (χ4n) is 3.89. The van der Waals surface area contributed by atoms with Gasteiger partial charge in [0.15, 0.2) is 0 Å². The van der Waals surface area contributed by atoms with Crippen molar-refractivity contribution in [2.24, 2.45) is 0 Å². The molecular formula is C26H30N2O5. The molecule has 0 aliphatic carbocycles. The number of imidazole rings is 1. The first kappa shape index (κ1) is 23.2. The molecule has 4 unspecified atom stereocenters. The highest BCUT2D eigenvalue weighted by atomic mass is 16.5. The summed E-state index contributed by atoms with van der Waals surface area (Å²) in [5.74, 6) is 1.23. The number of aliphatic hydroxyl groups excluding tert-OH is 3. The van der Waals surface area contributed by atoms with E-state index in [9.17, 15) is 15.3 Å². The summed E-state index contributed by atoms with van der Waals surface area (Å²) in [5, 5.41) is 29.7. The Morgan fingerprint density at radius 1 is 1.15 bits per heavy atom. The summed E-state index contributed by atoms with van der Waals surface area (Å²) < 4.78 is 13.0. The van der Waals surface area contributed by atoms with Crippen molar-refractivity contribution >= 4 is 6.08 Å². The summed E-state index contributed by atoms with van der Waals surface area (Å²) in [7, 11) is 0. The molecule has 3 aromatic rings. The fourth-order valence-corrected chi connectivity index (χ4v) is 3.89. The Kier molecular flexibility index (Phi) is 7.57. The van der Waals surface area contributed by atoms with Crippen molar-refractivity contribution in [1.82, 2.24) is 9.55 Å². The van der Waals surface area contributed by atoms with Crippen LogP contribution in [0.25, 0.3) is 17.2 Å². The summed E-state index contributed by atoms with van der Waals surface area (Å²) in [4.78, 5) is 4.17. The molecule has 2 heterocycles. The van der Waals surface area contributed by atoms with Crippen molar-refractivity contribution < 1.29 is 24.8 Å². The number of aliphatic hydroxyl groups is 3. The molecule has 1 aliphatic heterocycles. The van der Waals surface area contributed by atoms with Gasteiger partial charge in [0, 0.05) is 25.4 Å². The maximum atomic E-state index is 10.0. The van der Waals surface area contributed by atoms with Crippen LogP contribution in [0.4, 0.5) is 0 Å². The first-order valence-electron chi connectivity index (χ1n) is 11.2. The van der Waals surface area contributed by atoms with Crippen molar-refractivity contribution in [3.05, 3.63) is 78.4 Å². The van der Waals surface area contributed by atoms with Crippen LogP contribution < -0.4 is 4.74 Å². The lowest BCUT2D eigenvalue weighted by Crippen LogP contribution is -2.40. The molecule has 7 nitrogen and oxygen atoms in total. The maximum absolute atomic E-state index is 10.0. The molecule has 174 valence electrons. The Balaban J connectivity index is 1.41. The van der Waals surface area contributed by atoms with Gasteiger partial charge in [0.1, 0.15) is 23.8 Å². The van der Waals surface area contributed by atoms with E-state index in [-0.39, 0.29) is 18.8 Å². The molecule has 33 heavy (non-hydrogen) atoms. The zero-order valence-corrected chi connectivity index (χ0v) is 18.6. The normalized spacial score (nSPS) is 20.6. The van der Waals surface area contributed by atoms with Crippen molar-refractivity contribution in [1.29, 1.82) is 0 Å². The number of hydrogen-bond acceptors (Lipinski definition) is 6. The molecule has 0 bridgehead atoms. The van der Waals surface area contributed by atoms with Crippen LogP contribution in [0.3, 0.4) is 0 Å². The third-order valence-corrected chi connectivity index (χ3v) is 5.78. The average Bonchev–Trinajstić information content (AvgIpc) is 3.32. The molecule has 1 aromatic heterocycles. The highest BCUT2D eigenvalue weighted by molar-refractivity contribution is 5.66. The fraction of sp³-hybridized carbons (Fsp3) is 0.346. The van der Waals surface area contributed by atoms with Gasteiger partial charge < -0.3 is 29.4 Å². The molecule has 2 aromatic carbocycles. The quantitative estimate of drug-likeness (QED) is 0.487. The number of aromatic nitrogens is 2. The number of ether oxygens (including phenoxy) is 2. The Hall–Kier alpha value is -2.97. The number of nitrogens with zero attached hydrogens (tertiary/aromatic N) is 2. The zero-order chi connectivity index (χ0) is 23.2. The maximum Gasteiger partial charge on any atom is 0.148 e. The van der Waals surface area contributed by atoms with Crippen LogP contribution in [0, 0.1) is 0 Å². The van der Waals surface area contributed by atoms with E-state index in [1.54, 1.807) is 23.9 Å². The van der Waals surface area contributed by atoms with Gasteiger partial charge in [0.25, 0.3) is 0 Å². The molecule has 0 radical (unpaired) electrons. The van der Waals surface area contributed by atoms with E-state index in [0.29, 0.717) is 31.2 Å². The molecule has 0 amide bonds. The minimum atomic E-state index is -0.709. The first-order valence-corrected chi connectivity index (χ1v) is 11.2. The van der Waals surface area contributed by atoms with Gasteiger partial charge in [-0.05, 0) is 35.7 Å². The topological polar surface area (TPSA) is 97.0 Å². The van der Waals surface area contributed by atoms with E-state index in [1.807, 2.05) is 60.7 Å². The van der Waals surface area contributed by atoms with Gasteiger partial charge in [0.2, 0.25) is 0 Å². The lowest BCUT2D eigenvalue weighted by Gasteiger charge is -2.28. The Morgan fingerprint density at radius 2 is 1.85 bits per heavy atom. The highest BCUT2D eigenvalue weighted by Gasteiger charge is 2.25. The minimum Gasteiger partial charge on any atom is -0.485 e. The predicted octanol–water partition coefficient (Wildman–Crippen LogP) is 3.38. The lowest BCUT2D eigenvalue weighted by molar-refractivity contribution is -0.0735. The van der Waals surface area contributed by atoms with E-state index in [4.69, 9.17) is 9.47 Å². The minimum absolute atomic E-state index is 0.0942. The largest absolute Gasteiger partial charge is 0.485 e. The Bertz CT molecular complexity index is 1040. The molecule has 1 aliphatic rings. The van der Waals surface area contributed by atoms with Gasteiger partial charge in [0.05, 0.1) is 25.4 Å². The number of benzene rings is 2. The van der Waals surface area contributed by atoms with Gasteiger partial charge in [-0.2, -0.15) is 0 Å². The van der Waals surface area contributed by atoms with Crippen LogP contribution in [-0.4, -0.2) is 56.9 Å². The number of hydrogen-bond donors (Lipinski definition) is 3. The van der Waals surface area contributed by atoms with Crippen molar-refractivity contribution in [2.75, 3.05) is 19.8 Å². The van der Waals surface area contributed by atoms with Crippen LogP contribution in [0.2, 0.25) is 0 Å². The molecule has 3 N–H and O–H groups in total. The molecule has 1 saturated heterocycles. The second-order valence-corrected chi connectivity index (χ2v) is 8.21. The van der Waals surface area contributed by atoms with Crippen LogP contribution >= 0.6 is 0 Å². The monoisotopic (exact) mass is 450 g/mol. The van der Waals surface area contributed by atoms with E-state index < -0.39 is 12.2 Å². The second-order valence-electron chi connectivity index (χ2n) is 8.21. The van der Waals surface area contributed by atoms with Crippen LogP contribution in [-0.2, 0) is 4.74 Å². The van der Waals surface area contributed by atoms with E-state index in [1.165, 1.54) is 0 Å². The SMILES string of the molecule is CC(O)c1nccn1C(/C=C/c1ccc(-c2ccc(OC3COCCC3O)cc2)cc1)CO. The van der Waals surface area contributed by atoms with E-state index in [0.717, 1.165) is 16.7 Å². The molecular weight excluding hydrogens is 420 g/mol. The number of rotatable bonds is 8. The average molecular weight is 451 g/mol. The third kappa shape index (κ3) is 5.69. The van der Waals surface area contributed by atoms with Crippen LogP contribution in [0.5, 0.6) is 5.75 Å². The van der Waals surface area contributed by atoms with Crippen molar-refractivity contribution in [3.8, 4) is 16.9 Å². The smallest absolute Gasteiger partial charge is 0.148 e. The molecule has 7 heteroatoms. The highest BCUT2D eigenvalue weighted by Crippen LogP contribution is 2.25. The summed E-state index contributed by atoms with van der Waals surface area (Å²) in [5.41, 5.74) is 3.14. The Morgan fingerprint density at radius 3 is 2.48 bits per heavy atom. The van der Waals surface area contributed by atoms with Crippen LogP contribution in [0.1, 0.15) is 36.9 Å². The summed E-state index contributed by atoms with van der Waals surface area (Å²) in [6, 6.07) is 15.6. The lowest BCUT2D eigenvalue weighted by atomic mass is 10.0. The molecule has 0 saturated carbocycles. The standard InChI is InChI=1S/C26H30N2O5/c1-18(30)26-27-13-14-28(26)22(16-29)9-4-19-2-5-20(6-3-19)21-7-10-23(11-8-21)33-25-17-32-15-12-24(25)31/h2-11,13-14,18,22,24-25,29-31H,12,15-17H2,1H3/b9-4+. The predicted molar refractivity (Wildman–Crippen MR) is 126 cm³/mol. The van der Waals surface area contributed by atoms with Gasteiger partial charge in [-0.25, -0.2) is 4.98 Å². The Labute approximate surface area is 193 Å². The zero-order valence-electron chi connectivity index (χ0n) is 18.6. The van der Waals surface area contributed by atoms with E-state index in [2.05, 4.69) is 4.98 Å². The molecule has 0 spiro atoms. The van der Waals surface area contributed by atoms with Crippen LogP contribution in [0.15, 0.2) is 67.0 Å². The molecule has 4 rings (SSSR count). The molecule has 1 fully saturated rings. The summed E-state index contributed by atoms with van der Waals surface area (Å²) >= 11 is 0. The van der Waals surface area contributed by atoms with Gasteiger partial charge in [-0.3, -0.25) is 0 Å². The summed E-state index contributed by atoms with van der Waals surface area (Å²) in [6.07, 6.45) is 6.27. The van der Waals surface area contributed by atoms with E-state index >= 15 is 0 Å². The van der Waals surface area contributed by atoms with Crippen molar-refractivity contribution in [3.63, 3.8) is 0 Å². The van der Waals surface area contributed by atoms with Gasteiger partial charge in [-0.15, -0.1) is 0 Å². The third-order valence-electron chi connectivity index (χ3n) is 5.78. The van der Waals surface area contributed by atoms with Crippen molar-refractivity contribution in [2.45, 2.75) is 37.7 Å². The van der Waals surface area contributed by atoms with Gasteiger partial charge in [-0.1, -0.05) is 48.6 Å². The summed E-state index contributed by atoms with van der Waals surface area (Å²) in [6.45, 7) is 2.53. The van der Waals surface area contributed by atoms with Gasteiger partial charge >= 0.3 is 0 Å². The molecule has 4 atom stereocenters.